The van der Waals surface area contributed by atoms with Gasteiger partial charge in [-0.3, -0.25) is 4.79 Å². The number of nitrogens with two attached hydrogens (primary N) is 1. The van der Waals surface area contributed by atoms with Crippen molar-refractivity contribution in [2.45, 2.75) is 51.9 Å². The molecule has 1 saturated carbocycles. The zero-order chi connectivity index (χ0) is 15.1. The van der Waals surface area contributed by atoms with Gasteiger partial charge < -0.3 is 10.6 Å². The van der Waals surface area contributed by atoms with Crippen molar-refractivity contribution >= 4 is 24.0 Å². The Morgan fingerprint density at radius 2 is 1.82 bits per heavy atom. The summed E-state index contributed by atoms with van der Waals surface area (Å²) in [6.07, 6.45) is 8.12. The molecule has 1 aromatic rings. The molecule has 2 rings (SSSR count). The van der Waals surface area contributed by atoms with E-state index >= 15 is 0 Å². The van der Waals surface area contributed by atoms with Crippen LogP contribution in [0.25, 0.3) is 0 Å². The van der Waals surface area contributed by atoms with Gasteiger partial charge in [-0.15, -0.1) is 12.4 Å². The Labute approximate surface area is 140 Å². The minimum atomic E-state index is 0. The number of amides is 1. The maximum atomic E-state index is 12.6. The number of carbonyl (C=O) groups is 1. The van der Waals surface area contributed by atoms with Gasteiger partial charge in [0.25, 0.3) is 0 Å². The highest BCUT2D eigenvalue weighted by molar-refractivity contribution is 5.85. The van der Waals surface area contributed by atoms with E-state index in [9.17, 15) is 4.79 Å². The third-order valence-electron chi connectivity index (χ3n) is 4.38. The van der Waals surface area contributed by atoms with Crippen LogP contribution in [0.5, 0.6) is 0 Å². The molecule has 2 N–H and O–H groups in total. The quantitative estimate of drug-likeness (QED) is 0.802. The van der Waals surface area contributed by atoms with E-state index in [-0.39, 0.29) is 18.3 Å². The van der Waals surface area contributed by atoms with Gasteiger partial charge in [-0.25, -0.2) is 0 Å². The molecule has 0 aliphatic heterocycles. The lowest BCUT2D eigenvalue weighted by Crippen LogP contribution is -2.37. The number of hydrogen-bond acceptors (Lipinski definition) is 2. The summed E-state index contributed by atoms with van der Waals surface area (Å²) in [6, 6.07) is 7.65. The zero-order valence-electron chi connectivity index (χ0n) is 13.6. The molecule has 0 unspecified atom stereocenters. The van der Waals surface area contributed by atoms with Crippen LogP contribution in [0, 0.1) is 5.92 Å². The van der Waals surface area contributed by atoms with Crippen LogP contribution >= 0.6 is 12.4 Å². The molecule has 1 amide bonds. The first-order chi connectivity index (χ1) is 10.2. The number of hydrogen-bond donors (Lipinski definition) is 1. The Hall–Kier alpha value is -1.22. The van der Waals surface area contributed by atoms with Gasteiger partial charge in [0.15, 0.2) is 0 Å². The monoisotopic (exact) mass is 324 g/mol. The van der Waals surface area contributed by atoms with Crippen molar-refractivity contribution in [1.82, 2.24) is 4.90 Å². The molecule has 1 fully saturated rings. The van der Waals surface area contributed by atoms with Gasteiger partial charge in [0, 0.05) is 18.8 Å². The second kappa shape index (κ2) is 9.73. The van der Waals surface area contributed by atoms with Crippen LogP contribution in [0.4, 0.5) is 5.69 Å². The fraction of sp³-hybridized carbons (Fsp3) is 0.611. The lowest BCUT2D eigenvalue weighted by atomic mass is 9.89. The molecular formula is C18H29ClN2O. The van der Waals surface area contributed by atoms with Crippen LogP contribution in [-0.2, 0) is 11.2 Å². The van der Waals surface area contributed by atoms with Crippen molar-refractivity contribution in [2.75, 3.05) is 18.8 Å². The van der Waals surface area contributed by atoms with Crippen LogP contribution < -0.4 is 5.73 Å². The fourth-order valence-corrected chi connectivity index (χ4v) is 3.19. The molecule has 1 aliphatic rings. The predicted molar refractivity (Wildman–Crippen MR) is 95.3 cm³/mol. The summed E-state index contributed by atoms with van der Waals surface area (Å²) >= 11 is 0. The molecule has 22 heavy (non-hydrogen) atoms. The van der Waals surface area contributed by atoms with Crippen LogP contribution in [-0.4, -0.2) is 23.9 Å². The van der Waals surface area contributed by atoms with Crippen molar-refractivity contribution in [1.29, 1.82) is 0 Å². The molecule has 0 aromatic heterocycles. The van der Waals surface area contributed by atoms with Crippen LogP contribution in [0.3, 0.4) is 0 Å². The minimum absolute atomic E-state index is 0. The van der Waals surface area contributed by atoms with E-state index in [0.29, 0.717) is 12.3 Å². The van der Waals surface area contributed by atoms with Crippen LogP contribution in [0.2, 0.25) is 0 Å². The number of carbonyl (C=O) groups excluding carboxylic acids is 1. The van der Waals surface area contributed by atoms with Gasteiger partial charge in [0.1, 0.15) is 0 Å². The van der Waals surface area contributed by atoms with E-state index < -0.39 is 0 Å². The van der Waals surface area contributed by atoms with Gasteiger partial charge in [-0.1, -0.05) is 38.3 Å². The third-order valence-corrected chi connectivity index (χ3v) is 4.38. The Kier molecular flexibility index (Phi) is 8.32. The zero-order valence-corrected chi connectivity index (χ0v) is 14.4. The normalized spacial score (nSPS) is 15.1. The number of benzene rings is 1. The molecule has 1 aliphatic carbocycles. The summed E-state index contributed by atoms with van der Waals surface area (Å²) in [5.74, 6) is 0.966. The standard InChI is InChI=1S/C18H28N2O.ClH/c1-2-12-20(14-16-6-4-3-5-7-16)18(21)13-15-8-10-17(19)11-9-15;/h8-11,16H,2-7,12-14,19H2,1H3;1H. The summed E-state index contributed by atoms with van der Waals surface area (Å²) in [5, 5.41) is 0. The number of nitrogen functional groups attached to an aromatic ring is 1. The topological polar surface area (TPSA) is 46.3 Å². The third kappa shape index (κ3) is 5.88. The molecule has 124 valence electrons. The van der Waals surface area contributed by atoms with Crippen LogP contribution in [0.1, 0.15) is 51.0 Å². The van der Waals surface area contributed by atoms with E-state index in [2.05, 4.69) is 11.8 Å². The van der Waals surface area contributed by atoms with E-state index in [1.165, 1.54) is 32.1 Å². The first-order valence-electron chi connectivity index (χ1n) is 8.31. The largest absolute Gasteiger partial charge is 0.399 e. The second-order valence-corrected chi connectivity index (χ2v) is 6.26. The highest BCUT2D eigenvalue weighted by Gasteiger charge is 2.20. The first-order valence-corrected chi connectivity index (χ1v) is 8.31. The summed E-state index contributed by atoms with van der Waals surface area (Å²) in [5.41, 5.74) is 7.50. The number of halogens is 1. The Balaban J connectivity index is 0.00000242. The summed E-state index contributed by atoms with van der Waals surface area (Å²) in [6.45, 7) is 3.97. The van der Waals surface area contributed by atoms with E-state index in [1.807, 2.05) is 24.3 Å². The summed E-state index contributed by atoms with van der Waals surface area (Å²) in [4.78, 5) is 14.6. The molecule has 0 saturated heterocycles. The molecule has 0 atom stereocenters. The Bertz CT molecular complexity index is 441. The van der Waals surface area contributed by atoms with Gasteiger partial charge in [-0.2, -0.15) is 0 Å². The molecule has 0 spiro atoms. The fourth-order valence-electron chi connectivity index (χ4n) is 3.19. The van der Waals surface area contributed by atoms with E-state index in [0.717, 1.165) is 30.8 Å². The highest BCUT2D eigenvalue weighted by Crippen LogP contribution is 2.24. The summed E-state index contributed by atoms with van der Waals surface area (Å²) < 4.78 is 0. The highest BCUT2D eigenvalue weighted by atomic mass is 35.5. The van der Waals surface area contributed by atoms with Crippen LogP contribution in [0.15, 0.2) is 24.3 Å². The lowest BCUT2D eigenvalue weighted by molar-refractivity contribution is -0.131. The molecule has 3 nitrogen and oxygen atoms in total. The van der Waals surface area contributed by atoms with Crippen molar-refractivity contribution in [3.05, 3.63) is 29.8 Å². The molecule has 4 heteroatoms. The van der Waals surface area contributed by atoms with Gasteiger partial charge in [0.05, 0.1) is 6.42 Å². The molecule has 0 heterocycles. The number of nitrogens with zero attached hydrogens (tertiary/aromatic N) is 1. The van der Waals surface area contributed by atoms with Crippen molar-refractivity contribution in [3.8, 4) is 0 Å². The smallest absolute Gasteiger partial charge is 0.226 e. The molecule has 0 bridgehead atoms. The van der Waals surface area contributed by atoms with Gasteiger partial charge >= 0.3 is 0 Å². The maximum Gasteiger partial charge on any atom is 0.226 e. The van der Waals surface area contributed by atoms with Gasteiger partial charge in [0.2, 0.25) is 5.91 Å². The van der Waals surface area contributed by atoms with Crippen molar-refractivity contribution < 1.29 is 4.79 Å². The number of rotatable bonds is 6. The molecular weight excluding hydrogens is 296 g/mol. The Morgan fingerprint density at radius 1 is 1.18 bits per heavy atom. The second-order valence-electron chi connectivity index (χ2n) is 6.26. The maximum absolute atomic E-state index is 12.6. The van der Waals surface area contributed by atoms with E-state index in [1.54, 1.807) is 0 Å². The SMILES string of the molecule is CCCN(CC1CCCCC1)C(=O)Cc1ccc(N)cc1.Cl. The van der Waals surface area contributed by atoms with Crippen molar-refractivity contribution in [2.24, 2.45) is 5.92 Å². The first kappa shape index (κ1) is 18.8. The average Bonchev–Trinajstić information content (AvgIpc) is 2.50. The molecule has 0 radical (unpaired) electrons. The number of anilines is 1. The van der Waals surface area contributed by atoms with E-state index in [4.69, 9.17) is 5.73 Å². The van der Waals surface area contributed by atoms with Gasteiger partial charge in [-0.05, 0) is 42.9 Å². The predicted octanol–water partition coefficient (Wildman–Crippen LogP) is 4.05. The lowest BCUT2D eigenvalue weighted by Gasteiger charge is -2.29. The summed E-state index contributed by atoms with van der Waals surface area (Å²) in [7, 11) is 0. The van der Waals surface area contributed by atoms with Crippen molar-refractivity contribution in [3.63, 3.8) is 0 Å². The molecule has 1 aromatic carbocycles. The minimum Gasteiger partial charge on any atom is -0.399 e. The average molecular weight is 325 g/mol. The Morgan fingerprint density at radius 3 is 2.41 bits per heavy atom.